The molecule has 1 aromatic rings. The fraction of sp³-hybridized carbons (Fsp3) is 0.250. The molecule has 0 unspecified atom stereocenters. The van der Waals surface area contributed by atoms with E-state index >= 15 is 0 Å². The Morgan fingerprint density at radius 2 is 2.12 bits per heavy atom. The van der Waals surface area contributed by atoms with Crippen LogP contribution in [0.2, 0.25) is 0 Å². The normalized spacial score (nSPS) is 11.0. The maximum Gasteiger partial charge on any atom is 0.389 e. The van der Waals surface area contributed by atoms with Crippen molar-refractivity contribution < 1.29 is 22.7 Å². The fourth-order valence-corrected chi connectivity index (χ4v) is 1.13. The monoisotopic (exact) mass is 244 g/mol. The molecule has 0 aliphatic carbocycles. The van der Waals surface area contributed by atoms with E-state index in [-0.39, 0.29) is 5.75 Å². The Morgan fingerprint density at radius 3 is 2.71 bits per heavy atom. The van der Waals surface area contributed by atoms with E-state index in [1.807, 2.05) is 0 Å². The van der Waals surface area contributed by atoms with Crippen molar-refractivity contribution in [3.05, 3.63) is 36.4 Å². The predicted molar refractivity (Wildman–Crippen MR) is 57.5 cm³/mol. The van der Waals surface area contributed by atoms with Crippen LogP contribution in [-0.2, 0) is 4.79 Å². The van der Waals surface area contributed by atoms with Crippen LogP contribution in [0.15, 0.2) is 30.8 Å². The smallest absolute Gasteiger partial charge is 0.389 e. The lowest BCUT2D eigenvalue weighted by Gasteiger charge is -2.07. The summed E-state index contributed by atoms with van der Waals surface area (Å²) in [5, 5.41) is 0. The van der Waals surface area contributed by atoms with Crippen LogP contribution in [0.25, 0.3) is 6.08 Å². The minimum atomic E-state index is -4.35. The van der Waals surface area contributed by atoms with E-state index in [1.54, 1.807) is 18.2 Å². The van der Waals surface area contributed by atoms with Crippen molar-refractivity contribution in [1.82, 2.24) is 0 Å². The van der Waals surface area contributed by atoms with Crippen molar-refractivity contribution in [3.8, 4) is 5.75 Å². The molecule has 0 aliphatic rings. The molecule has 0 fully saturated rings. The topological polar surface area (TPSA) is 26.3 Å². The van der Waals surface area contributed by atoms with E-state index < -0.39 is 25.0 Å². The minimum absolute atomic E-state index is 0.217. The molecule has 0 heterocycles. The van der Waals surface area contributed by atoms with E-state index in [9.17, 15) is 18.0 Å². The minimum Gasteiger partial charge on any atom is -0.427 e. The van der Waals surface area contributed by atoms with Crippen molar-refractivity contribution in [3.63, 3.8) is 0 Å². The molecule has 0 aliphatic heterocycles. The number of halogens is 3. The van der Waals surface area contributed by atoms with Crippen LogP contribution < -0.4 is 4.74 Å². The molecule has 92 valence electrons. The van der Waals surface area contributed by atoms with Gasteiger partial charge in [-0.25, -0.2) is 0 Å². The third-order valence-corrected chi connectivity index (χ3v) is 1.94. The highest BCUT2D eigenvalue weighted by atomic mass is 19.4. The van der Waals surface area contributed by atoms with E-state index in [2.05, 4.69) is 6.58 Å². The first-order chi connectivity index (χ1) is 7.90. The maximum absolute atomic E-state index is 11.9. The first-order valence-corrected chi connectivity index (χ1v) is 4.90. The Bertz CT molecular complexity index is 410. The zero-order valence-corrected chi connectivity index (χ0v) is 8.96. The number of alkyl halides is 3. The van der Waals surface area contributed by atoms with Gasteiger partial charge in [0, 0.05) is 0 Å². The molecule has 1 rings (SSSR count). The van der Waals surface area contributed by atoms with Crippen LogP contribution in [-0.4, -0.2) is 12.1 Å². The predicted octanol–water partition coefficient (Wildman–Crippen LogP) is 3.58. The second-order valence-corrected chi connectivity index (χ2v) is 3.37. The summed E-state index contributed by atoms with van der Waals surface area (Å²) in [5.74, 6) is -0.682. The third kappa shape index (κ3) is 5.19. The Balaban J connectivity index is 2.53. The molecule has 0 radical (unpaired) electrons. The molecule has 1 aromatic carbocycles. The zero-order valence-electron chi connectivity index (χ0n) is 8.96. The van der Waals surface area contributed by atoms with E-state index in [0.29, 0.717) is 0 Å². The summed E-state index contributed by atoms with van der Waals surface area (Å²) in [5.41, 5.74) is 0.728. The molecule has 0 bridgehead atoms. The van der Waals surface area contributed by atoms with Gasteiger partial charge < -0.3 is 4.74 Å². The SMILES string of the molecule is C=Cc1cccc(OC(=O)CCC(F)(F)F)c1. The number of hydrogen-bond donors (Lipinski definition) is 0. The lowest BCUT2D eigenvalue weighted by Crippen LogP contribution is -2.14. The van der Waals surface area contributed by atoms with Gasteiger partial charge in [0.2, 0.25) is 0 Å². The first kappa shape index (κ1) is 13.3. The molecular weight excluding hydrogens is 233 g/mol. The number of esters is 1. The number of benzene rings is 1. The summed E-state index contributed by atoms with van der Waals surface area (Å²) >= 11 is 0. The second kappa shape index (κ2) is 5.52. The maximum atomic E-state index is 11.9. The number of carbonyl (C=O) groups excluding carboxylic acids is 1. The zero-order chi connectivity index (χ0) is 12.9. The second-order valence-electron chi connectivity index (χ2n) is 3.37. The highest BCUT2D eigenvalue weighted by Gasteiger charge is 2.28. The summed E-state index contributed by atoms with van der Waals surface area (Å²) in [6.45, 7) is 3.53. The standard InChI is InChI=1S/C12H11F3O2/c1-2-9-4-3-5-10(8-9)17-11(16)6-7-12(13,14)15/h2-5,8H,1,6-7H2. The van der Waals surface area contributed by atoms with E-state index in [4.69, 9.17) is 4.74 Å². The lowest BCUT2D eigenvalue weighted by atomic mass is 10.2. The summed E-state index contributed by atoms with van der Waals surface area (Å²) in [6, 6.07) is 6.39. The fourth-order valence-electron chi connectivity index (χ4n) is 1.13. The van der Waals surface area contributed by atoms with Crippen LogP contribution >= 0.6 is 0 Å². The summed E-state index contributed by atoms with van der Waals surface area (Å²) < 4.78 is 40.3. The van der Waals surface area contributed by atoms with Gasteiger partial charge in [-0.3, -0.25) is 4.79 Å². The van der Waals surface area contributed by atoms with Crippen molar-refractivity contribution in [2.45, 2.75) is 19.0 Å². The number of carbonyl (C=O) groups is 1. The van der Waals surface area contributed by atoms with Crippen LogP contribution in [0, 0.1) is 0 Å². The Labute approximate surface area is 96.7 Å². The van der Waals surface area contributed by atoms with Gasteiger partial charge in [0.05, 0.1) is 12.8 Å². The molecule has 0 aromatic heterocycles. The number of rotatable bonds is 4. The highest BCUT2D eigenvalue weighted by Crippen LogP contribution is 2.22. The molecule has 0 amide bonds. The van der Waals surface area contributed by atoms with Crippen molar-refractivity contribution in [1.29, 1.82) is 0 Å². The lowest BCUT2D eigenvalue weighted by molar-refractivity contribution is -0.151. The molecule has 5 heteroatoms. The molecule has 0 saturated carbocycles. The molecule has 17 heavy (non-hydrogen) atoms. The Hall–Kier alpha value is -1.78. The number of ether oxygens (including phenoxy) is 1. The molecule has 2 nitrogen and oxygen atoms in total. The van der Waals surface area contributed by atoms with Gasteiger partial charge in [-0.05, 0) is 17.7 Å². The average Bonchev–Trinajstić information content (AvgIpc) is 2.26. The van der Waals surface area contributed by atoms with Crippen LogP contribution in [0.3, 0.4) is 0 Å². The summed E-state index contributed by atoms with van der Waals surface area (Å²) in [6.07, 6.45) is -4.65. The molecule has 0 N–H and O–H groups in total. The molecule has 0 saturated heterocycles. The van der Waals surface area contributed by atoms with Gasteiger partial charge in [-0.1, -0.05) is 24.8 Å². The molecule has 0 atom stereocenters. The highest BCUT2D eigenvalue weighted by molar-refractivity contribution is 5.72. The van der Waals surface area contributed by atoms with Gasteiger partial charge >= 0.3 is 12.1 Å². The van der Waals surface area contributed by atoms with Crippen LogP contribution in [0.5, 0.6) is 5.75 Å². The summed E-state index contributed by atoms with van der Waals surface area (Å²) in [4.78, 5) is 11.1. The van der Waals surface area contributed by atoms with E-state index in [1.165, 1.54) is 12.1 Å². The van der Waals surface area contributed by atoms with Crippen LogP contribution in [0.1, 0.15) is 18.4 Å². The molecular formula is C12H11F3O2. The summed E-state index contributed by atoms with van der Waals surface area (Å²) in [7, 11) is 0. The third-order valence-electron chi connectivity index (χ3n) is 1.94. The van der Waals surface area contributed by atoms with Crippen molar-refractivity contribution in [2.75, 3.05) is 0 Å². The van der Waals surface area contributed by atoms with Crippen molar-refractivity contribution in [2.24, 2.45) is 0 Å². The van der Waals surface area contributed by atoms with Gasteiger partial charge in [-0.15, -0.1) is 0 Å². The Kier molecular flexibility index (Phi) is 4.31. The average molecular weight is 244 g/mol. The quantitative estimate of drug-likeness (QED) is 0.597. The van der Waals surface area contributed by atoms with Gasteiger partial charge in [0.25, 0.3) is 0 Å². The number of hydrogen-bond acceptors (Lipinski definition) is 2. The first-order valence-electron chi connectivity index (χ1n) is 4.90. The van der Waals surface area contributed by atoms with Crippen LogP contribution in [0.4, 0.5) is 13.2 Å². The largest absolute Gasteiger partial charge is 0.427 e. The van der Waals surface area contributed by atoms with Gasteiger partial charge in [-0.2, -0.15) is 13.2 Å². The van der Waals surface area contributed by atoms with Gasteiger partial charge in [0.15, 0.2) is 0 Å². The van der Waals surface area contributed by atoms with Gasteiger partial charge in [0.1, 0.15) is 5.75 Å². The molecule has 0 spiro atoms. The Morgan fingerprint density at radius 1 is 1.41 bits per heavy atom. The van der Waals surface area contributed by atoms with Crippen molar-refractivity contribution >= 4 is 12.0 Å². The van der Waals surface area contributed by atoms with E-state index in [0.717, 1.165) is 5.56 Å².